The van der Waals surface area contributed by atoms with Crippen molar-refractivity contribution in [3.8, 4) is 0 Å². The molecule has 140 valence electrons. The Kier molecular flexibility index (Phi) is 5.80. The van der Waals surface area contributed by atoms with Crippen molar-refractivity contribution in [1.29, 1.82) is 0 Å². The van der Waals surface area contributed by atoms with Gasteiger partial charge in [-0.25, -0.2) is 13.1 Å². The maximum Gasteiger partial charge on any atom is 0.255 e. The number of amides is 1. The second kappa shape index (κ2) is 8.26. The van der Waals surface area contributed by atoms with Crippen molar-refractivity contribution in [2.24, 2.45) is 0 Å². The Morgan fingerprint density at radius 1 is 1.07 bits per heavy atom. The molecule has 0 fully saturated rings. The van der Waals surface area contributed by atoms with Gasteiger partial charge in [0, 0.05) is 30.8 Å². The Labute approximate surface area is 157 Å². The van der Waals surface area contributed by atoms with Crippen LogP contribution in [0.5, 0.6) is 0 Å². The van der Waals surface area contributed by atoms with E-state index >= 15 is 0 Å². The third-order valence-corrected chi connectivity index (χ3v) is 5.38. The van der Waals surface area contributed by atoms with Gasteiger partial charge in [-0.2, -0.15) is 0 Å². The predicted molar refractivity (Wildman–Crippen MR) is 103 cm³/mol. The first kappa shape index (κ1) is 19.0. The van der Waals surface area contributed by atoms with Gasteiger partial charge in [-0.3, -0.25) is 9.78 Å². The molecule has 2 N–H and O–H groups in total. The number of anilines is 1. The molecule has 0 aliphatic carbocycles. The zero-order valence-corrected chi connectivity index (χ0v) is 15.5. The Morgan fingerprint density at radius 3 is 2.56 bits per heavy atom. The van der Waals surface area contributed by atoms with Crippen LogP contribution in [0.1, 0.15) is 10.4 Å². The fourth-order valence-corrected chi connectivity index (χ4v) is 3.56. The average molecular weight is 385 g/mol. The van der Waals surface area contributed by atoms with E-state index in [0.29, 0.717) is 16.8 Å². The summed E-state index contributed by atoms with van der Waals surface area (Å²) in [6.07, 6.45) is 1.66. The smallest absolute Gasteiger partial charge is 0.255 e. The molecule has 0 aliphatic heterocycles. The SMILES string of the molecule is COCCNS(=O)(=O)c1ccc(C(=O)Nc2cccc3cccnc23)cc1. The van der Waals surface area contributed by atoms with Crippen LogP contribution in [-0.4, -0.2) is 39.6 Å². The molecule has 1 amide bonds. The molecular formula is C19H19N3O4S. The fraction of sp³-hybridized carbons (Fsp3) is 0.158. The summed E-state index contributed by atoms with van der Waals surface area (Å²) >= 11 is 0. The quantitative estimate of drug-likeness (QED) is 0.609. The lowest BCUT2D eigenvalue weighted by molar-refractivity contribution is 0.102. The van der Waals surface area contributed by atoms with Crippen molar-refractivity contribution >= 4 is 32.5 Å². The summed E-state index contributed by atoms with van der Waals surface area (Å²) in [5.74, 6) is -0.343. The number of carbonyl (C=O) groups is 1. The van der Waals surface area contributed by atoms with Gasteiger partial charge in [0.05, 0.1) is 22.7 Å². The number of sulfonamides is 1. The average Bonchev–Trinajstić information content (AvgIpc) is 2.68. The number of hydrogen-bond donors (Lipinski definition) is 2. The summed E-state index contributed by atoms with van der Waals surface area (Å²) in [5.41, 5.74) is 1.63. The lowest BCUT2D eigenvalue weighted by Gasteiger charge is -2.09. The molecule has 1 aromatic heterocycles. The van der Waals surface area contributed by atoms with Crippen LogP contribution in [0, 0.1) is 0 Å². The van der Waals surface area contributed by atoms with Gasteiger partial charge in [-0.1, -0.05) is 18.2 Å². The minimum atomic E-state index is -3.63. The maximum absolute atomic E-state index is 12.5. The molecule has 8 heteroatoms. The number of carbonyl (C=O) groups excluding carboxylic acids is 1. The monoisotopic (exact) mass is 385 g/mol. The highest BCUT2D eigenvalue weighted by molar-refractivity contribution is 7.89. The molecule has 0 saturated heterocycles. The third kappa shape index (κ3) is 4.48. The number of nitrogens with zero attached hydrogens (tertiary/aromatic N) is 1. The molecule has 0 radical (unpaired) electrons. The second-order valence-electron chi connectivity index (χ2n) is 5.75. The topological polar surface area (TPSA) is 97.4 Å². The molecule has 0 unspecified atom stereocenters. The van der Waals surface area contributed by atoms with Gasteiger partial charge in [-0.05, 0) is 36.4 Å². The summed E-state index contributed by atoms with van der Waals surface area (Å²) in [4.78, 5) is 16.9. The number of ether oxygens (including phenoxy) is 1. The first-order chi connectivity index (χ1) is 13.0. The molecule has 0 aliphatic rings. The normalized spacial score (nSPS) is 11.4. The van der Waals surface area contributed by atoms with Gasteiger partial charge >= 0.3 is 0 Å². The molecule has 2 aromatic carbocycles. The highest BCUT2D eigenvalue weighted by Gasteiger charge is 2.15. The van der Waals surface area contributed by atoms with Crippen molar-refractivity contribution in [3.05, 3.63) is 66.4 Å². The van der Waals surface area contributed by atoms with Crippen molar-refractivity contribution in [2.45, 2.75) is 4.90 Å². The van der Waals surface area contributed by atoms with E-state index in [2.05, 4.69) is 15.0 Å². The fourth-order valence-electron chi connectivity index (χ4n) is 2.55. The number of hydrogen-bond acceptors (Lipinski definition) is 5. The molecule has 3 rings (SSSR count). The first-order valence-corrected chi connectivity index (χ1v) is 9.73. The van der Waals surface area contributed by atoms with E-state index in [-0.39, 0.29) is 24.0 Å². The minimum Gasteiger partial charge on any atom is -0.383 e. The molecule has 0 spiro atoms. The Balaban J connectivity index is 1.76. The molecule has 7 nitrogen and oxygen atoms in total. The van der Waals surface area contributed by atoms with Crippen molar-refractivity contribution in [3.63, 3.8) is 0 Å². The number of para-hydroxylation sites is 1. The van der Waals surface area contributed by atoms with Crippen LogP contribution >= 0.6 is 0 Å². The molecule has 27 heavy (non-hydrogen) atoms. The molecule has 0 atom stereocenters. The van der Waals surface area contributed by atoms with Gasteiger partial charge in [0.15, 0.2) is 0 Å². The van der Waals surface area contributed by atoms with Crippen LogP contribution in [0.3, 0.4) is 0 Å². The predicted octanol–water partition coefficient (Wildman–Crippen LogP) is 2.41. The second-order valence-corrected chi connectivity index (χ2v) is 7.52. The van der Waals surface area contributed by atoms with Crippen LogP contribution < -0.4 is 10.0 Å². The van der Waals surface area contributed by atoms with Crippen LogP contribution in [0.25, 0.3) is 10.9 Å². The maximum atomic E-state index is 12.5. The highest BCUT2D eigenvalue weighted by atomic mass is 32.2. The number of fused-ring (bicyclic) bond motifs is 1. The summed E-state index contributed by atoms with van der Waals surface area (Å²) in [6, 6.07) is 15.0. The van der Waals surface area contributed by atoms with E-state index in [0.717, 1.165) is 5.39 Å². The lowest BCUT2D eigenvalue weighted by Crippen LogP contribution is -2.27. The van der Waals surface area contributed by atoms with E-state index in [1.165, 1.54) is 31.4 Å². The number of methoxy groups -OCH3 is 1. The third-order valence-electron chi connectivity index (χ3n) is 3.91. The van der Waals surface area contributed by atoms with E-state index in [1.54, 1.807) is 12.3 Å². The van der Waals surface area contributed by atoms with Crippen molar-refractivity contribution < 1.29 is 17.9 Å². The van der Waals surface area contributed by atoms with Crippen LogP contribution in [0.15, 0.2) is 65.7 Å². The number of aromatic nitrogens is 1. The Bertz CT molecular complexity index is 1040. The van der Waals surface area contributed by atoms with Gasteiger partial charge in [0.2, 0.25) is 10.0 Å². The number of pyridine rings is 1. The molecule has 0 saturated carbocycles. The van der Waals surface area contributed by atoms with Gasteiger partial charge < -0.3 is 10.1 Å². The summed E-state index contributed by atoms with van der Waals surface area (Å²) in [6.45, 7) is 0.452. The highest BCUT2D eigenvalue weighted by Crippen LogP contribution is 2.21. The van der Waals surface area contributed by atoms with E-state index in [1.807, 2.05) is 24.3 Å². The van der Waals surface area contributed by atoms with E-state index in [9.17, 15) is 13.2 Å². The Morgan fingerprint density at radius 2 is 1.81 bits per heavy atom. The van der Waals surface area contributed by atoms with E-state index in [4.69, 9.17) is 4.74 Å². The minimum absolute atomic E-state index is 0.0852. The van der Waals surface area contributed by atoms with Crippen LogP contribution in [0.4, 0.5) is 5.69 Å². The Hall–Kier alpha value is -2.81. The number of benzene rings is 2. The molecule has 0 bridgehead atoms. The number of rotatable bonds is 7. The molecule has 3 aromatic rings. The van der Waals surface area contributed by atoms with Crippen molar-refractivity contribution in [2.75, 3.05) is 25.6 Å². The van der Waals surface area contributed by atoms with Gasteiger partial charge in [-0.15, -0.1) is 0 Å². The van der Waals surface area contributed by atoms with Gasteiger partial charge in [0.1, 0.15) is 0 Å². The summed E-state index contributed by atoms with van der Waals surface area (Å²) < 4.78 is 31.5. The zero-order chi connectivity index (χ0) is 19.3. The molecular weight excluding hydrogens is 366 g/mol. The van der Waals surface area contributed by atoms with Gasteiger partial charge in [0.25, 0.3) is 5.91 Å². The largest absolute Gasteiger partial charge is 0.383 e. The van der Waals surface area contributed by atoms with Crippen LogP contribution in [-0.2, 0) is 14.8 Å². The number of nitrogens with one attached hydrogen (secondary N) is 2. The van der Waals surface area contributed by atoms with Crippen LogP contribution in [0.2, 0.25) is 0 Å². The van der Waals surface area contributed by atoms with Crippen molar-refractivity contribution in [1.82, 2.24) is 9.71 Å². The summed E-state index contributed by atoms with van der Waals surface area (Å²) in [5, 5.41) is 3.73. The van der Waals surface area contributed by atoms with E-state index < -0.39 is 10.0 Å². The first-order valence-electron chi connectivity index (χ1n) is 8.25. The molecule has 1 heterocycles. The lowest BCUT2D eigenvalue weighted by atomic mass is 10.1. The zero-order valence-electron chi connectivity index (χ0n) is 14.7. The summed E-state index contributed by atoms with van der Waals surface area (Å²) in [7, 11) is -2.14. The standard InChI is InChI=1S/C19H19N3O4S/c1-26-13-12-21-27(24,25)16-9-7-15(8-10-16)19(23)22-17-6-2-4-14-5-3-11-20-18(14)17/h2-11,21H,12-13H2,1H3,(H,22,23).